The fourth-order valence-electron chi connectivity index (χ4n) is 4.14. The van der Waals surface area contributed by atoms with Gasteiger partial charge in [-0.15, -0.1) is 0 Å². The van der Waals surface area contributed by atoms with Crippen LogP contribution in [0.2, 0.25) is 10.0 Å². The average Bonchev–Trinajstić information content (AvgIpc) is 2.89. The zero-order chi connectivity index (χ0) is 29.4. The maximum absolute atomic E-state index is 14.1. The Labute approximate surface area is 247 Å². The van der Waals surface area contributed by atoms with E-state index in [-0.39, 0.29) is 35.5 Å². The Bertz CT molecular complexity index is 1410. The van der Waals surface area contributed by atoms with Crippen LogP contribution in [-0.4, -0.2) is 50.5 Å². The van der Waals surface area contributed by atoms with E-state index in [1.54, 1.807) is 0 Å². The highest BCUT2D eigenvalue weighted by molar-refractivity contribution is 7.92. The minimum absolute atomic E-state index is 0.0892. The molecule has 0 fully saturated rings. The predicted molar refractivity (Wildman–Crippen MR) is 162 cm³/mol. The molecule has 2 amide bonds. The molecule has 214 valence electrons. The van der Waals surface area contributed by atoms with Crippen LogP contribution in [0.1, 0.15) is 30.5 Å². The Morgan fingerprint density at radius 2 is 1.57 bits per heavy atom. The molecular formula is C30H35Cl2N3O4S. The van der Waals surface area contributed by atoms with Crippen molar-refractivity contribution in [3.8, 4) is 0 Å². The largest absolute Gasteiger partial charge is 0.354 e. The summed E-state index contributed by atoms with van der Waals surface area (Å²) < 4.78 is 26.7. The molecule has 40 heavy (non-hydrogen) atoms. The van der Waals surface area contributed by atoms with Crippen LogP contribution in [-0.2, 0) is 32.6 Å². The molecule has 0 aliphatic rings. The van der Waals surface area contributed by atoms with Crippen molar-refractivity contribution < 1.29 is 18.0 Å². The Balaban J connectivity index is 2.06. The zero-order valence-electron chi connectivity index (χ0n) is 23.1. The van der Waals surface area contributed by atoms with Gasteiger partial charge in [0.25, 0.3) is 0 Å². The van der Waals surface area contributed by atoms with Crippen molar-refractivity contribution in [2.24, 2.45) is 5.92 Å². The molecule has 1 unspecified atom stereocenters. The van der Waals surface area contributed by atoms with Crippen molar-refractivity contribution in [1.29, 1.82) is 0 Å². The molecule has 0 spiro atoms. The molecular weight excluding hydrogens is 569 g/mol. The second kappa shape index (κ2) is 14.0. The minimum atomic E-state index is -3.93. The lowest BCUT2D eigenvalue weighted by molar-refractivity contribution is -0.140. The summed E-state index contributed by atoms with van der Waals surface area (Å²) in [7, 11) is -3.93. The maximum Gasteiger partial charge on any atom is 0.244 e. The fourth-order valence-corrected chi connectivity index (χ4v) is 5.57. The predicted octanol–water partition coefficient (Wildman–Crippen LogP) is 5.48. The number of halogens is 2. The highest BCUT2D eigenvalue weighted by Crippen LogP contribution is 2.30. The molecule has 0 heterocycles. The molecule has 0 aromatic heterocycles. The van der Waals surface area contributed by atoms with Crippen LogP contribution in [0, 0.1) is 12.8 Å². The van der Waals surface area contributed by atoms with E-state index >= 15 is 0 Å². The second-order valence-corrected chi connectivity index (χ2v) is 13.0. The lowest BCUT2D eigenvalue weighted by Gasteiger charge is -2.34. The number of benzene rings is 3. The van der Waals surface area contributed by atoms with Gasteiger partial charge in [-0.3, -0.25) is 13.9 Å². The van der Waals surface area contributed by atoms with Gasteiger partial charge < -0.3 is 10.2 Å². The van der Waals surface area contributed by atoms with Crippen molar-refractivity contribution in [3.05, 3.63) is 99.5 Å². The van der Waals surface area contributed by atoms with E-state index < -0.39 is 28.5 Å². The van der Waals surface area contributed by atoms with E-state index in [4.69, 9.17) is 23.2 Å². The minimum Gasteiger partial charge on any atom is -0.354 e. The number of carbonyl (C=O) groups excluding carboxylic acids is 2. The number of nitrogens with zero attached hydrogens (tertiary/aromatic N) is 2. The lowest BCUT2D eigenvalue weighted by atomic mass is 10.0. The zero-order valence-corrected chi connectivity index (χ0v) is 25.4. The number of amides is 2. The molecule has 7 nitrogen and oxygen atoms in total. The van der Waals surface area contributed by atoms with Gasteiger partial charge in [-0.2, -0.15) is 0 Å². The quantitative estimate of drug-likeness (QED) is 0.297. The van der Waals surface area contributed by atoms with Crippen molar-refractivity contribution in [2.45, 2.75) is 39.8 Å². The summed E-state index contributed by atoms with van der Waals surface area (Å²) in [6.07, 6.45) is 1.26. The number of anilines is 1. The Morgan fingerprint density at radius 3 is 2.15 bits per heavy atom. The maximum atomic E-state index is 14.1. The van der Waals surface area contributed by atoms with Crippen LogP contribution in [0.3, 0.4) is 0 Å². The van der Waals surface area contributed by atoms with Crippen LogP contribution in [0.25, 0.3) is 0 Å². The molecule has 3 aromatic carbocycles. The first-order valence-corrected chi connectivity index (χ1v) is 15.5. The summed E-state index contributed by atoms with van der Waals surface area (Å²) in [5.41, 5.74) is 2.86. The number of hydrogen-bond donors (Lipinski definition) is 1. The van der Waals surface area contributed by atoms with E-state index in [0.29, 0.717) is 11.6 Å². The summed E-state index contributed by atoms with van der Waals surface area (Å²) in [5, 5.41) is 3.38. The van der Waals surface area contributed by atoms with E-state index in [1.165, 1.54) is 23.1 Å². The van der Waals surface area contributed by atoms with Gasteiger partial charge in [-0.1, -0.05) is 97.2 Å². The fraction of sp³-hybridized carbons (Fsp3) is 0.333. The van der Waals surface area contributed by atoms with E-state index in [0.717, 1.165) is 27.3 Å². The standard InChI is InChI=1S/C30H35Cl2N3O4S/c1-21(2)18-33-30(37)28(16-23-8-6-5-7-9-23)34(19-24-12-10-22(3)11-13-24)29(36)20-35(40(4,38)39)27-15-14-25(31)17-26(27)32/h5-15,17,21,28H,16,18-20H2,1-4H3,(H,33,37). The number of nitrogens with one attached hydrogen (secondary N) is 1. The van der Waals surface area contributed by atoms with Crippen LogP contribution in [0.5, 0.6) is 0 Å². The van der Waals surface area contributed by atoms with Crippen LogP contribution in [0.4, 0.5) is 5.69 Å². The normalized spacial score (nSPS) is 12.2. The van der Waals surface area contributed by atoms with Gasteiger partial charge in [-0.05, 0) is 42.2 Å². The Morgan fingerprint density at radius 1 is 0.925 bits per heavy atom. The number of sulfonamides is 1. The second-order valence-electron chi connectivity index (χ2n) is 10.2. The van der Waals surface area contributed by atoms with Gasteiger partial charge in [0.1, 0.15) is 12.6 Å². The van der Waals surface area contributed by atoms with Gasteiger partial charge in [0.2, 0.25) is 21.8 Å². The summed E-state index contributed by atoms with van der Waals surface area (Å²) in [5.74, 6) is -0.651. The first kappa shape index (κ1) is 31.5. The van der Waals surface area contributed by atoms with Crippen LogP contribution >= 0.6 is 23.2 Å². The number of aryl methyl sites for hydroxylation is 1. The topological polar surface area (TPSA) is 86.8 Å². The number of rotatable bonds is 12. The first-order chi connectivity index (χ1) is 18.8. The monoisotopic (exact) mass is 603 g/mol. The molecule has 10 heteroatoms. The highest BCUT2D eigenvalue weighted by atomic mass is 35.5. The third-order valence-electron chi connectivity index (χ3n) is 6.29. The van der Waals surface area contributed by atoms with Crippen LogP contribution in [0.15, 0.2) is 72.8 Å². The molecule has 1 N–H and O–H groups in total. The summed E-state index contributed by atoms with van der Waals surface area (Å²) in [6.45, 7) is 5.94. The first-order valence-electron chi connectivity index (χ1n) is 12.9. The van der Waals surface area contributed by atoms with Crippen molar-refractivity contribution in [3.63, 3.8) is 0 Å². The van der Waals surface area contributed by atoms with E-state index in [1.807, 2.05) is 75.4 Å². The Kier molecular flexibility index (Phi) is 11.0. The molecule has 0 aliphatic carbocycles. The highest BCUT2D eigenvalue weighted by Gasteiger charge is 2.33. The van der Waals surface area contributed by atoms with Gasteiger partial charge in [0.05, 0.1) is 17.0 Å². The van der Waals surface area contributed by atoms with Gasteiger partial charge in [0.15, 0.2) is 0 Å². The van der Waals surface area contributed by atoms with Crippen molar-refractivity contribution in [2.75, 3.05) is 23.7 Å². The lowest BCUT2D eigenvalue weighted by Crippen LogP contribution is -2.53. The molecule has 0 bridgehead atoms. The third kappa shape index (κ3) is 8.98. The molecule has 3 aromatic rings. The molecule has 3 rings (SSSR count). The van der Waals surface area contributed by atoms with Gasteiger partial charge in [-0.25, -0.2) is 8.42 Å². The molecule has 1 atom stereocenters. The smallest absolute Gasteiger partial charge is 0.244 e. The summed E-state index contributed by atoms with van der Waals surface area (Å²) >= 11 is 12.4. The molecule has 0 saturated carbocycles. The van der Waals surface area contributed by atoms with Crippen molar-refractivity contribution in [1.82, 2.24) is 10.2 Å². The van der Waals surface area contributed by atoms with E-state index in [9.17, 15) is 18.0 Å². The molecule has 0 saturated heterocycles. The van der Waals surface area contributed by atoms with E-state index in [2.05, 4.69) is 5.32 Å². The van der Waals surface area contributed by atoms with Gasteiger partial charge in [0, 0.05) is 24.5 Å². The SMILES string of the molecule is Cc1ccc(CN(C(=O)CN(c2ccc(Cl)cc2Cl)S(C)(=O)=O)C(Cc2ccccc2)C(=O)NCC(C)C)cc1. The molecule has 0 radical (unpaired) electrons. The number of hydrogen-bond acceptors (Lipinski definition) is 4. The third-order valence-corrected chi connectivity index (χ3v) is 7.95. The average molecular weight is 605 g/mol. The molecule has 0 aliphatic heterocycles. The van der Waals surface area contributed by atoms with Gasteiger partial charge >= 0.3 is 0 Å². The summed E-state index contributed by atoms with van der Waals surface area (Å²) in [6, 6.07) is 20.6. The Hall–Kier alpha value is -3.07. The summed E-state index contributed by atoms with van der Waals surface area (Å²) in [4.78, 5) is 29.1. The number of carbonyl (C=O) groups is 2. The van der Waals surface area contributed by atoms with Crippen LogP contribution < -0.4 is 9.62 Å². The van der Waals surface area contributed by atoms with Crippen molar-refractivity contribution >= 4 is 50.7 Å².